The Hall–Kier alpha value is -2.34. The summed E-state index contributed by atoms with van der Waals surface area (Å²) < 4.78 is 5.39. The summed E-state index contributed by atoms with van der Waals surface area (Å²) >= 11 is 1.69. The molecule has 0 radical (unpaired) electrons. The topological polar surface area (TPSA) is 54.2 Å². The van der Waals surface area contributed by atoms with Gasteiger partial charge in [0.1, 0.15) is 5.76 Å². The molecule has 0 bridgehead atoms. The number of benzene rings is 1. The molecular formula is C18H20N4OS. The zero-order valence-electron chi connectivity index (χ0n) is 13.9. The quantitative estimate of drug-likeness (QED) is 0.757. The third kappa shape index (κ3) is 2.67. The summed E-state index contributed by atoms with van der Waals surface area (Å²) in [5.74, 6) is 0.969. The first kappa shape index (κ1) is 15.2. The van der Waals surface area contributed by atoms with Crippen LogP contribution in [0.25, 0.3) is 0 Å². The average Bonchev–Trinajstić information content (AvgIpc) is 3.32. The minimum Gasteiger partial charge on any atom is -0.380 e. The molecule has 1 N–H and O–H groups in total. The maximum Gasteiger partial charge on any atom is 0.185 e. The summed E-state index contributed by atoms with van der Waals surface area (Å²) in [6.45, 7) is 6.65. The van der Waals surface area contributed by atoms with E-state index in [1.807, 2.05) is 18.5 Å². The Morgan fingerprint density at radius 3 is 3.04 bits per heavy atom. The molecule has 0 saturated heterocycles. The fourth-order valence-corrected chi connectivity index (χ4v) is 3.86. The van der Waals surface area contributed by atoms with E-state index in [2.05, 4.69) is 45.5 Å². The van der Waals surface area contributed by atoms with Gasteiger partial charge in [-0.1, -0.05) is 24.2 Å². The van der Waals surface area contributed by atoms with Gasteiger partial charge in [-0.15, -0.1) is 11.3 Å². The standard InChI is InChI=1S/C18H20N4OS/c1-3-17-14(12(2)21-23-17)9-20-16-6-4-5-13-10-22(11-15(13)16)18-19-7-8-24-18/h4-8,20H,3,9-11H2,1-2H3. The average molecular weight is 340 g/mol. The SMILES string of the molecule is CCc1onc(C)c1CNc1cccc2c1CN(c1nccs1)C2. The zero-order valence-corrected chi connectivity index (χ0v) is 14.7. The third-order valence-electron chi connectivity index (χ3n) is 4.52. The molecule has 0 fully saturated rings. The fraction of sp³-hybridized carbons (Fsp3) is 0.333. The Morgan fingerprint density at radius 2 is 2.25 bits per heavy atom. The highest BCUT2D eigenvalue weighted by Gasteiger charge is 2.23. The van der Waals surface area contributed by atoms with E-state index in [-0.39, 0.29) is 0 Å². The molecule has 6 heteroatoms. The van der Waals surface area contributed by atoms with Gasteiger partial charge in [-0.3, -0.25) is 0 Å². The van der Waals surface area contributed by atoms with Gasteiger partial charge in [0.25, 0.3) is 0 Å². The number of thiazole rings is 1. The molecule has 24 heavy (non-hydrogen) atoms. The molecule has 2 aromatic heterocycles. The van der Waals surface area contributed by atoms with Gasteiger partial charge in [0.05, 0.1) is 5.69 Å². The summed E-state index contributed by atoms with van der Waals surface area (Å²) in [6.07, 6.45) is 2.73. The predicted molar refractivity (Wildman–Crippen MR) is 96.4 cm³/mol. The number of hydrogen-bond acceptors (Lipinski definition) is 6. The molecule has 3 heterocycles. The first-order chi connectivity index (χ1) is 11.8. The van der Waals surface area contributed by atoms with Crippen molar-refractivity contribution in [2.75, 3.05) is 10.2 Å². The van der Waals surface area contributed by atoms with Crippen molar-refractivity contribution in [2.24, 2.45) is 0 Å². The molecule has 0 spiro atoms. The molecule has 0 amide bonds. The van der Waals surface area contributed by atoms with Crippen LogP contribution in [-0.2, 0) is 26.1 Å². The highest BCUT2D eigenvalue weighted by Crippen LogP contribution is 2.33. The Kier molecular flexibility index (Phi) is 3.98. The van der Waals surface area contributed by atoms with E-state index in [0.29, 0.717) is 0 Å². The van der Waals surface area contributed by atoms with Crippen molar-refractivity contribution in [3.8, 4) is 0 Å². The molecule has 0 saturated carbocycles. The maximum absolute atomic E-state index is 5.39. The number of nitrogens with zero attached hydrogens (tertiary/aromatic N) is 3. The molecule has 0 aliphatic carbocycles. The summed E-state index contributed by atoms with van der Waals surface area (Å²) in [5, 5.41) is 10.8. The van der Waals surface area contributed by atoms with Gasteiger partial charge in [0.2, 0.25) is 0 Å². The monoisotopic (exact) mass is 340 g/mol. The van der Waals surface area contributed by atoms with E-state index >= 15 is 0 Å². The first-order valence-electron chi connectivity index (χ1n) is 8.19. The molecule has 124 valence electrons. The molecule has 1 aromatic carbocycles. The number of fused-ring (bicyclic) bond motifs is 1. The van der Waals surface area contributed by atoms with E-state index < -0.39 is 0 Å². The van der Waals surface area contributed by atoms with Crippen LogP contribution in [0.4, 0.5) is 10.8 Å². The normalized spacial score (nSPS) is 13.3. The van der Waals surface area contributed by atoms with Crippen molar-refractivity contribution < 1.29 is 4.52 Å². The van der Waals surface area contributed by atoms with Crippen LogP contribution in [-0.4, -0.2) is 10.1 Å². The van der Waals surface area contributed by atoms with Crippen LogP contribution >= 0.6 is 11.3 Å². The van der Waals surface area contributed by atoms with Crippen LogP contribution in [0.5, 0.6) is 0 Å². The summed E-state index contributed by atoms with van der Waals surface area (Å²) in [4.78, 5) is 6.76. The Bertz CT molecular complexity index is 841. The van der Waals surface area contributed by atoms with E-state index in [1.54, 1.807) is 11.3 Å². The van der Waals surface area contributed by atoms with Gasteiger partial charge >= 0.3 is 0 Å². The summed E-state index contributed by atoms with van der Waals surface area (Å²) in [7, 11) is 0. The van der Waals surface area contributed by atoms with E-state index in [1.165, 1.54) is 22.4 Å². The van der Waals surface area contributed by atoms with Crippen molar-refractivity contribution in [1.82, 2.24) is 10.1 Å². The minimum atomic E-state index is 0.742. The van der Waals surface area contributed by atoms with Crippen LogP contribution in [0.1, 0.15) is 35.1 Å². The molecule has 1 aliphatic rings. The van der Waals surface area contributed by atoms with E-state index in [9.17, 15) is 0 Å². The lowest BCUT2D eigenvalue weighted by atomic mass is 10.1. The van der Waals surface area contributed by atoms with Gasteiger partial charge < -0.3 is 14.7 Å². The van der Waals surface area contributed by atoms with E-state index in [4.69, 9.17) is 4.52 Å². The molecular weight excluding hydrogens is 320 g/mol. The predicted octanol–water partition coefficient (Wildman–Crippen LogP) is 4.13. The Labute approximate surface area is 145 Å². The number of aromatic nitrogens is 2. The second-order valence-electron chi connectivity index (χ2n) is 5.99. The molecule has 5 nitrogen and oxygen atoms in total. The molecule has 0 unspecified atom stereocenters. The number of aryl methyl sites for hydroxylation is 2. The van der Waals surface area contributed by atoms with Gasteiger partial charge in [0, 0.05) is 48.9 Å². The largest absolute Gasteiger partial charge is 0.380 e. The number of nitrogens with one attached hydrogen (secondary N) is 1. The number of anilines is 2. The van der Waals surface area contributed by atoms with Gasteiger partial charge in [0.15, 0.2) is 5.13 Å². The lowest BCUT2D eigenvalue weighted by molar-refractivity contribution is 0.382. The van der Waals surface area contributed by atoms with Crippen molar-refractivity contribution >= 4 is 22.2 Å². The van der Waals surface area contributed by atoms with Crippen LogP contribution in [0.15, 0.2) is 34.3 Å². The Balaban J connectivity index is 1.54. The van der Waals surface area contributed by atoms with Gasteiger partial charge in [-0.05, 0) is 24.1 Å². The minimum absolute atomic E-state index is 0.742. The zero-order chi connectivity index (χ0) is 16.5. The van der Waals surface area contributed by atoms with Gasteiger partial charge in [-0.25, -0.2) is 4.98 Å². The fourth-order valence-electron chi connectivity index (χ4n) is 3.22. The van der Waals surface area contributed by atoms with Crippen LogP contribution in [0, 0.1) is 6.92 Å². The van der Waals surface area contributed by atoms with Crippen LogP contribution in [0.2, 0.25) is 0 Å². The molecule has 4 rings (SSSR count). The lowest BCUT2D eigenvalue weighted by Gasteiger charge is -2.14. The molecule has 1 aliphatic heterocycles. The smallest absolute Gasteiger partial charge is 0.185 e. The van der Waals surface area contributed by atoms with E-state index in [0.717, 1.165) is 42.6 Å². The molecule has 3 aromatic rings. The van der Waals surface area contributed by atoms with Crippen molar-refractivity contribution in [3.63, 3.8) is 0 Å². The van der Waals surface area contributed by atoms with Crippen LogP contribution in [0.3, 0.4) is 0 Å². The Morgan fingerprint density at radius 1 is 1.33 bits per heavy atom. The second-order valence-corrected chi connectivity index (χ2v) is 6.86. The van der Waals surface area contributed by atoms with Crippen LogP contribution < -0.4 is 10.2 Å². The third-order valence-corrected chi connectivity index (χ3v) is 5.35. The number of hydrogen-bond donors (Lipinski definition) is 1. The van der Waals surface area contributed by atoms with Crippen molar-refractivity contribution in [3.05, 3.63) is 57.9 Å². The van der Waals surface area contributed by atoms with Gasteiger partial charge in [-0.2, -0.15) is 0 Å². The highest BCUT2D eigenvalue weighted by atomic mass is 32.1. The van der Waals surface area contributed by atoms with Crippen molar-refractivity contribution in [1.29, 1.82) is 0 Å². The molecule has 0 atom stereocenters. The lowest BCUT2D eigenvalue weighted by Crippen LogP contribution is -2.14. The number of rotatable bonds is 5. The first-order valence-corrected chi connectivity index (χ1v) is 9.07. The highest BCUT2D eigenvalue weighted by molar-refractivity contribution is 7.13. The maximum atomic E-state index is 5.39. The summed E-state index contributed by atoms with van der Waals surface area (Å²) in [6, 6.07) is 6.47. The summed E-state index contributed by atoms with van der Waals surface area (Å²) in [5.41, 5.74) is 6.06. The van der Waals surface area contributed by atoms with Crippen molar-refractivity contribution in [2.45, 2.75) is 39.9 Å². The second kappa shape index (κ2) is 6.28.